The maximum absolute atomic E-state index is 5.71. The van der Waals surface area contributed by atoms with Gasteiger partial charge < -0.3 is 19.8 Å². The summed E-state index contributed by atoms with van der Waals surface area (Å²) in [6.45, 7) is 2.08. The van der Waals surface area contributed by atoms with Gasteiger partial charge in [-0.15, -0.1) is 0 Å². The SMILES string of the molecule is CNCc1nc(-c2ccc3c(c2)OCCCO3)c(Br)[nH]1. The Labute approximate surface area is 125 Å². The Kier molecular flexibility index (Phi) is 3.93. The van der Waals surface area contributed by atoms with E-state index in [-0.39, 0.29) is 0 Å². The second-order valence-corrected chi connectivity index (χ2v) is 5.38. The topological polar surface area (TPSA) is 59.2 Å². The van der Waals surface area contributed by atoms with Gasteiger partial charge in [0.05, 0.1) is 19.8 Å². The molecule has 0 fully saturated rings. The maximum atomic E-state index is 5.71. The molecule has 3 rings (SSSR count). The van der Waals surface area contributed by atoms with Gasteiger partial charge in [-0.2, -0.15) is 0 Å². The third-order valence-corrected chi connectivity index (χ3v) is 3.65. The summed E-state index contributed by atoms with van der Waals surface area (Å²) in [5, 5.41) is 3.07. The average Bonchev–Trinajstić information content (AvgIpc) is 2.68. The first-order chi connectivity index (χ1) is 9.78. The number of benzene rings is 1. The molecule has 1 aromatic heterocycles. The van der Waals surface area contributed by atoms with Crippen LogP contribution in [0.4, 0.5) is 0 Å². The molecule has 20 heavy (non-hydrogen) atoms. The normalized spacial score (nSPS) is 14.1. The fourth-order valence-electron chi connectivity index (χ4n) is 2.15. The van der Waals surface area contributed by atoms with Gasteiger partial charge >= 0.3 is 0 Å². The van der Waals surface area contributed by atoms with E-state index in [1.54, 1.807) is 0 Å². The van der Waals surface area contributed by atoms with Gasteiger partial charge in [-0.1, -0.05) is 0 Å². The van der Waals surface area contributed by atoms with Crippen molar-refractivity contribution in [3.63, 3.8) is 0 Å². The van der Waals surface area contributed by atoms with Crippen molar-refractivity contribution in [2.24, 2.45) is 0 Å². The molecule has 0 bridgehead atoms. The van der Waals surface area contributed by atoms with Gasteiger partial charge in [-0.3, -0.25) is 0 Å². The molecular formula is C14H16BrN3O2. The molecule has 6 heteroatoms. The second-order valence-electron chi connectivity index (χ2n) is 4.59. The number of hydrogen-bond acceptors (Lipinski definition) is 4. The number of nitrogens with zero attached hydrogens (tertiary/aromatic N) is 1. The summed E-state index contributed by atoms with van der Waals surface area (Å²) in [4.78, 5) is 7.79. The fourth-order valence-corrected chi connectivity index (χ4v) is 2.70. The molecule has 2 heterocycles. The van der Waals surface area contributed by atoms with Crippen molar-refractivity contribution in [2.75, 3.05) is 20.3 Å². The Hall–Kier alpha value is -1.53. The number of imidazole rings is 1. The summed E-state index contributed by atoms with van der Waals surface area (Å²) in [6.07, 6.45) is 0.905. The predicted octanol–water partition coefficient (Wildman–Crippen LogP) is 2.72. The van der Waals surface area contributed by atoms with E-state index in [2.05, 4.69) is 31.2 Å². The number of aromatic amines is 1. The Morgan fingerprint density at radius 3 is 2.90 bits per heavy atom. The molecule has 0 atom stereocenters. The van der Waals surface area contributed by atoms with Crippen molar-refractivity contribution in [3.8, 4) is 22.8 Å². The van der Waals surface area contributed by atoms with E-state index in [9.17, 15) is 0 Å². The Balaban J connectivity index is 1.96. The summed E-state index contributed by atoms with van der Waals surface area (Å²) in [5.74, 6) is 2.47. The number of ether oxygens (including phenoxy) is 2. The molecule has 2 aromatic rings. The van der Waals surface area contributed by atoms with Crippen LogP contribution in [0.15, 0.2) is 22.8 Å². The van der Waals surface area contributed by atoms with Crippen molar-refractivity contribution in [3.05, 3.63) is 28.6 Å². The number of rotatable bonds is 3. The molecule has 2 N–H and O–H groups in total. The maximum Gasteiger partial charge on any atom is 0.161 e. The molecule has 1 aliphatic heterocycles. The van der Waals surface area contributed by atoms with Gasteiger partial charge in [-0.25, -0.2) is 4.98 Å². The van der Waals surface area contributed by atoms with Gasteiger partial charge in [-0.05, 0) is 41.2 Å². The standard InChI is InChI=1S/C14H16BrN3O2/c1-16-8-12-17-13(14(15)18-12)9-3-4-10-11(7-9)20-6-2-5-19-10/h3-4,7,16H,2,5-6,8H2,1H3,(H,17,18). The second kappa shape index (κ2) is 5.85. The van der Waals surface area contributed by atoms with E-state index >= 15 is 0 Å². The van der Waals surface area contributed by atoms with Crippen LogP contribution >= 0.6 is 15.9 Å². The zero-order valence-electron chi connectivity index (χ0n) is 11.2. The first kappa shape index (κ1) is 13.5. The highest BCUT2D eigenvalue weighted by Gasteiger charge is 2.15. The van der Waals surface area contributed by atoms with Crippen LogP contribution < -0.4 is 14.8 Å². The van der Waals surface area contributed by atoms with Gasteiger partial charge in [0.25, 0.3) is 0 Å². The predicted molar refractivity (Wildman–Crippen MR) is 80.1 cm³/mol. The third kappa shape index (κ3) is 2.66. The number of aromatic nitrogens is 2. The number of nitrogens with one attached hydrogen (secondary N) is 2. The van der Waals surface area contributed by atoms with Crippen molar-refractivity contribution in [1.29, 1.82) is 0 Å². The van der Waals surface area contributed by atoms with Crippen LogP contribution in [0.2, 0.25) is 0 Å². The van der Waals surface area contributed by atoms with E-state index in [1.165, 1.54) is 0 Å². The van der Waals surface area contributed by atoms with Crippen molar-refractivity contribution in [1.82, 2.24) is 15.3 Å². The van der Waals surface area contributed by atoms with Crippen LogP contribution in [0.25, 0.3) is 11.3 Å². The highest BCUT2D eigenvalue weighted by Crippen LogP contribution is 2.35. The lowest BCUT2D eigenvalue weighted by Gasteiger charge is -2.08. The summed E-state index contributed by atoms with van der Waals surface area (Å²) in [7, 11) is 1.89. The molecule has 1 aliphatic rings. The zero-order valence-corrected chi connectivity index (χ0v) is 12.8. The molecule has 0 aliphatic carbocycles. The van der Waals surface area contributed by atoms with E-state index in [0.717, 1.165) is 39.6 Å². The van der Waals surface area contributed by atoms with Crippen molar-refractivity contribution in [2.45, 2.75) is 13.0 Å². The van der Waals surface area contributed by atoms with E-state index < -0.39 is 0 Å². The summed E-state index contributed by atoms with van der Waals surface area (Å²) in [5.41, 5.74) is 1.88. The Morgan fingerprint density at radius 1 is 1.30 bits per heavy atom. The van der Waals surface area contributed by atoms with Gasteiger partial charge in [0, 0.05) is 12.0 Å². The monoisotopic (exact) mass is 337 g/mol. The van der Waals surface area contributed by atoms with Crippen LogP contribution in [0.5, 0.6) is 11.5 Å². The van der Waals surface area contributed by atoms with Crippen LogP contribution in [0.3, 0.4) is 0 Å². The molecule has 5 nitrogen and oxygen atoms in total. The minimum absolute atomic E-state index is 0.684. The highest BCUT2D eigenvalue weighted by atomic mass is 79.9. The lowest BCUT2D eigenvalue weighted by Crippen LogP contribution is -2.06. The van der Waals surface area contributed by atoms with Crippen LogP contribution in [0, 0.1) is 0 Å². The molecule has 1 aromatic carbocycles. The molecule has 0 unspecified atom stereocenters. The molecule has 0 amide bonds. The molecule has 0 saturated carbocycles. The number of hydrogen-bond donors (Lipinski definition) is 2. The molecule has 0 spiro atoms. The van der Waals surface area contributed by atoms with Crippen LogP contribution in [-0.4, -0.2) is 30.2 Å². The summed E-state index contributed by atoms with van der Waals surface area (Å²) < 4.78 is 12.2. The summed E-state index contributed by atoms with van der Waals surface area (Å²) >= 11 is 3.52. The van der Waals surface area contributed by atoms with E-state index in [1.807, 2.05) is 25.2 Å². The lowest BCUT2D eigenvalue weighted by atomic mass is 10.1. The van der Waals surface area contributed by atoms with Crippen LogP contribution in [-0.2, 0) is 6.54 Å². The number of H-pyrrole nitrogens is 1. The van der Waals surface area contributed by atoms with Gasteiger partial charge in [0.2, 0.25) is 0 Å². The van der Waals surface area contributed by atoms with Crippen molar-refractivity contribution < 1.29 is 9.47 Å². The largest absolute Gasteiger partial charge is 0.490 e. The smallest absolute Gasteiger partial charge is 0.161 e. The summed E-state index contributed by atoms with van der Waals surface area (Å²) in [6, 6.07) is 5.91. The zero-order chi connectivity index (χ0) is 13.9. The Morgan fingerprint density at radius 2 is 2.10 bits per heavy atom. The minimum Gasteiger partial charge on any atom is -0.490 e. The molecular weight excluding hydrogens is 322 g/mol. The first-order valence-corrected chi connectivity index (χ1v) is 7.36. The Bertz CT molecular complexity index is 612. The fraction of sp³-hybridized carbons (Fsp3) is 0.357. The lowest BCUT2D eigenvalue weighted by molar-refractivity contribution is 0.297. The van der Waals surface area contributed by atoms with E-state index in [4.69, 9.17) is 9.47 Å². The molecule has 0 radical (unpaired) electrons. The van der Waals surface area contributed by atoms with Gasteiger partial charge in [0.15, 0.2) is 11.5 Å². The third-order valence-electron chi connectivity index (χ3n) is 3.07. The van der Waals surface area contributed by atoms with E-state index in [0.29, 0.717) is 19.8 Å². The van der Waals surface area contributed by atoms with Crippen molar-refractivity contribution >= 4 is 15.9 Å². The van der Waals surface area contributed by atoms with Crippen LogP contribution in [0.1, 0.15) is 12.2 Å². The molecule has 0 saturated heterocycles. The van der Waals surface area contributed by atoms with Gasteiger partial charge in [0.1, 0.15) is 16.1 Å². The number of fused-ring (bicyclic) bond motifs is 1. The quantitative estimate of drug-likeness (QED) is 0.904. The minimum atomic E-state index is 0.684. The molecule has 106 valence electrons. The first-order valence-electron chi connectivity index (χ1n) is 6.57. The average molecular weight is 338 g/mol. The highest BCUT2D eigenvalue weighted by molar-refractivity contribution is 9.10. The number of halogens is 1.